The Balaban J connectivity index is 2.88. The fourth-order valence-electron chi connectivity index (χ4n) is 1.46. The summed E-state index contributed by atoms with van der Waals surface area (Å²) >= 11 is 2.05. The van der Waals surface area contributed by atoms with Gasteiger partial charge in [0.25, 0.3) is 0 Å². The Morgan fingerprint density at radius 3 is 2.50 bits per heavy atom. The van der Waals surface area contributed by atoms with Gasteiger partial charge in [0, 0.05) is 3.57 Å². The summed E-state index contributed by atoms with van der Waals surface area (Å²) in [5.41, 5.74) is -0.782. The van der Waals surface area contributed by atoms with Crippen LogP contribution in [-0.2, 0) is 0 Å². The van der Waals surface area contributed by atoms with Crippen molar-refractivity contribution in [2.24, 2.45) is 0 Å². The third-order valence-electron chi connectivity index (χ3n) is 2.98. The molecule has 0 saturated heterocycles. The number of carboxylic acids is 1. The van der Waals surface area contributed by atoms with Crippen molar-refractivity contribution < 1.29 is 19.7 Å². The molecule has 0 amide bonds. The first-order valence-electron chi connectivity index (χ1n) is 5.80. The lowest BCUT2D eigenvalue weighted by Crippen LogP contribution is -2.34. The summed E-state index contributed by atoms with van der Waals surface area (Å²) in [6.45, 7) is 3.85. The quantitative estimate of drug-likeness (QED) is 0.762. The van der Waals surface area contributed by atoms with Crippen LogP contribution in [0, 0.1) is 3.57 Å². The first-order chi connectivity index (χ1) is 8.41. The maximum atomic E-state index is 11.1. The lowest BCUT2D eigenvalue weighted by atomic mass is 9.99. The molecule has 0 aliphatic heterocycles. The highest BCUT2D eigenvalue weighted by molar-refractivity contribution is 14.1. The smallest absolute Gasteiger partial charge is 0.339 e. The number of ether oxygens (including phenoxy) is 1. The number of carboxylic acid groups (broad SMARTS) is 1. The van der Waals surface area contributed by atoms with Crippen LogP contribution in [0.4, 0.5) is 0 Å². The molecule has 0 radical (unpaired) electrons. The summed E-state index contributed by atoms with van der Waals surface area (Å²) < 4.78 is 6.30. The van der Waals surface area contributed by atoms with E-state index in [4.69, 9.17) is 9.84 Å². The van der Waals surface area contributed by atoms with Crippen molar-refractivity contribution in [2.75, 3.05) is 6.61 Å². The van der Waals surface area contributed by atoms with Crippen LogP contribution in [0.3, 0.4) is 0 Å². The van der Waals surface area contributed by atoms with Crippen LogP contribution in [-0.4, -0.2) is 28.4 Å². The minimum Gasteiger partial charge on any atom is -0.490 e. The Labute approximate surface area is 120 Å². The van der Waals surface area contributed by atoms with Crippen LogP contribution in [0.1, 0.15) is 37.0 Å². The second kappa shape index (κ2) is 6.38. The number of halogens is 1. The number of benzene rings is 1. The van der Waals surface area contributed by atoms with E-state index in [1.807, 2.05) is 36.4 Å². The largest absolute Gasteiger partial charge is 0.490 e. The Morgan fingerprint density at radius 2 is 2.00 bits per heavy atom. The fraction of sp³-hybridized carbons (Fsp3) is 0.462. The fourth-order valence-corrected chi connectivity index (χ4v) is 1.95. The second-order valence-corrected chi connectivity index (χ2v) is 5.41. The zero-order chi connectivity index (χ0) is 13.8. The summed E-state index contributed by atoms with van der Waals surface area (Å²) in [5, 5.41) is 19.2. The van der Waals surface area contributed by atoms with Gasteiger partial charge in [0.2, 0.25) is 0 Å². The van der Waals surface area contributed by atoms with Crippen molar-refractivity contribution >= 4 is 28.6 Å². The van der Waals surface area contributed by atoms with E-state index in [0.29, 0.717) is 18.6 Å². The average molecular weight is 364 g/mol. The molecule has 0 fully saturated rings. The molecular weight excluding hydrogens is 347 g/mol. The molecule has 0 aliphatic carbocycles. The maximum Gasteiger partial charge on any atom is 0.339 e. The Kier molecular flexibility index (Phi) is 5.40. The van der Waals surface area contributed by atoms with E-state index >= 15 is 0 Å². The van der Waals surface area contributed by atoms with Crippen LogP contribution < -0.4 is 4.74 Å². The van der Waals surface area contributed by atoms with Crippen LogP contribution in [0.25, 0.3) is 0 Å². The van der Waals surface area contributed by atoms with Gasteiger partial charge in [0.15, 0.2) is 0 Å². The normalized spacial score (nSPS) is 11.3. The van der Waals surface area contributed by atoms with Crippen molar-refractivity contribution in [1.82, 2.24) is 0 Å². The first kappa shape index (κ1) is 15.2. The summed E-state index contributed by atoms with van der Waals surface area (Å²) in [7, 11) is 0. The summed E-state index contributed by atoms with van der Waals surface area (Å²) in [6.07, 6.45) is 1.13. The van der Waals surface area contributed by atoms with Gasteiger partial charge in [-0.3, -0.25) is 0 Å². The Bertz CT molecular complexity index is 427. The summed E-state index contributed by atoms with van der Waals surface area (Å²) in [6, 6.07) is 4.95. The molecule has 0 spiro atoms. The van der Waals surface area contributed by atoms with E-state index in [1.165, 1.54) is 0 Å². The molecule has 0 saturated carbocycles. The second-order valence-electron chi connectivity index (χ2n) is 4.17. The molecule has 18 heavy (non-hydrogen) atoms. The number of carbonyl (C=O) groups is 1. The maximum absolute atomic E-state index is 11.1. The highest BCUT2D eigenvalue weighted by Crippen LogP contribution is 2.24. The molecule has 4 nitrogen and oxygen atoms in total. The molecule has 0 heterocycles. The first-order valence-corrected chi connectivity index (χ1v) is 6.87. The highest BCUT2D eigenvalue weighted by atomic mass is 127. The number of hydrogen-bond donors (Lipinski definition) is 2. The zero-order valence-corrected chi connectivity index (χ0v) is 12.6. The van der Waals surface area contributed by atoms with Gasteiger partial charge >= 0.3 is 5.97 Å². The molecule has 1 aromatic rings. The lowest BCUT2D eigenvalue weighted by molar-refractivity contribution is -0.0117. The number of rotatable bonds is 6. The number of hydrogen-bond acceptors (Lipinski definition) is 3. The molecule has 1 rings (SSSR count). The van der Waals surface area contributed by atoms with Crippen molar-refractivity contribution in [1.29, 1.82) is 0 Å². The third kappa shape index (κ3) is 3.84. The topological polar surface area (TPSA) is 66.8 Å². The van der Waals surface area contributed by atoms with Gasteiger partial charge in [-0.05, 0) is 53.6 Å². The standard InChI is InChI=1S/C13H17IO4/c1-3-13(17,4-2)8-18-11-6-5-9(14)7-10(11)12(15)16/h5-7,17H,3-4,8H2,1-2H3,(H,15,16). The van der Waals surface area contributed by atoms with Crippen molar-refractivity contribution in [3.63, 3.8) is 0 Å². The van der Waals surface area contributed by atoms with E-state index in [-0.39, 0.29) is 12.2 Å². The third-order valence-corrected chi connectivity index (χ3v) is 3.66. The molecule has 1 aromatic carbocycles. The van der Waals surface area contributed by atoms with E-state index < -0.39 is 11.6 Å². The number of aliphatic hydroxyl groups is 1. The molecule has 0 atom stereocenters. The minimum atomic E-state index is -1.03. The molecular formula is C13H17IO4. The molecule has 0 unspecified atom stereocenters. The predicted molar refractivity (Wildman–Crippen MR) is 77.1 cm³/mol. The van der Waals surface area contributed by atoms with E-state index in [0.717, 1.165) is 3.57 Å². The molecule has 100 valence electrons. The van der Waals surface area contributed by atoms with Gasteiger partial charge in [-0.15, -0.1) is 0 Å². The predicted octanol–water partition coefficient (Wildman–Crippen LogP) is 2.92. The molecule has 5 heteroatoms. The van der Waals surface area contributed by atoms with Crippen LogP contribution in [0.15, 0.2) is 18.2 Å². The van der Waals surface area contributed by atoms with Crippen LogP contribution in [0.2, 0.25) is 0 Å². The minimum absolute atomic E-state index is 0.0981. The van der Waals surface area contributed by atoms with E-state index in [9.17, 15) is 9.90 Å². The lowest BCUT2D eigenvalue weighted by Gasteiger charge is -2.25. The van der Waals surface area contributed by atoms with Gasteiger partial charge in [-0.25, -0.2) is 4.79 Å². The van der Waals surface area contributed by atoms with E-state index in [2.05, 4.69) is 0 Å². The molecule has 0 aliphatic rings. The summed E-state index contributed by atoms with van der Waals surface area (Å²) in [4.78, 5) is 11.1. The molecule has 0 aromatic heterocycles. The highest BCUT2D eigenvalue weighted by Gasteiger charge is 2.24. The van der Waals surface area contributed by atoms with Gasteiger partial charge in [0.1, 0.15) is 17.9 Å². The Hall–Kier alpha value is -0.820. The van der Waals surface area contributed by atoms with Gasteiger partial charge in [0.05, 0.1) is 5.60 Å². The molecule has 2 N–H and O–H groups in total. The van der Waals surface area contributed by atoms with Crippen molar-refractivity contribution in [3.05, 3.63) is 27.3 Å². The van der Waals surface area contributed by atoms with Crippen LogP contribution in [0.5, 0.6) is 5.75 Å². The van der Waals surface area contributed by atoms with E-state index in [1.54, 1.807) is 18.2 Å². The van der Waals surface area contributed by atoms with Crippen molar-refractivity contribution in [3.8, 4) is 5.75 Å². The Morgan fingerprint density at radius 1 is 1.39 bits per heavy atom. The van der Waals surface area contributed by atoms with Crippen molar-refractivity contribution in [2.45, 2.75) is 32.3 Å². The SMILES string of the molecule is CCC(O)(CC)COc1ccc(I)cc1C(=O)O. The monoisotopic (exact) mass is 364 g/mol. The van der Waals surface area contributed by atoms with Gasteiger partial charge in [-0.2, -0.15) is 0 Å². The average Bonchev–Trinajstić information content (AvgIpc) is 2.36. The van der Waals surface area contributed by atoms with Crippen LogP contribution >= 0.6 is 22.6 Å². The summed E-state index contributed by atoms with van der Waals surface area (Å²) in [5.74, 6) is -0.733. The van der Waals surface area contributed by atoms with Gasteiger partial charge < -0.3 is 14.9 Å². The number of aromatic carboxylic acids is 1. The molecule has 0 bridgehead atoms. The zero-order valence-electron chi connectivity index (χ0n) is 10.4. The van der Waals surface area contributed by atoms with Gasteiger partial charge in [-0.1, -0.05) is 13.8 Å².